The van der Waals surface area contributed by atoms with E-state index in [2.05, 4.69) is 76.0 Å². The SMILES string of the molecule is C=Cc1cc(C(=O)Nc2cccc([C@H](C)NC(C)C=N/C(=C/N(C)CC)C(C)C)c2)ccc1C. The zero-order valence-corrected chi connectivity index (χ0v) is 21.7. The number of nitrogens with zero attached hydrogens (tertiary/aromatic N) is 2. The number of nitrogens with one attached hydrogen (secondary N) is 2. The summed E-state index contributed by atoms with van der Waals surface area (Å²) in [5, 5.41) is 6.59. The Labute approximate surface area is 205 Å². The predicted octanol–water partition coefficient (Wildman–Crippen LogP) is 6.45. The van der Waals surface area contributed by atoms with Crippen molar-refractivity contribution in [1.82, 2.24) is 10.2 Å². The molecule has 2 aromatic carbocycles. The van der Waals surface area contributed by atoms with Crippen LogP contribution in [0.3, 0.4) is 0 Å². The molecule has 2 N–H and O–H groups in total. The van der Waals surface area contributed by atoms with Crippen molar-refractivity contribution >= 4 is 23.9 Å². The van der Waals surface area contributed by atoms with Crippen LogP contribution in [0.25, 0.3) is 6.08 Å². The molecule has 2 rings (SSSR count). The molecule has 0 radical (unpaired) electrons. The highest BCUT2D eigenvalue weighted by Gasteiger charge is 2.12. The molecule has 0 saturated heterocycles. The van der Waals surface area contributed by atoms with Gasteiger partial charge in [-0.15, -0.1) is 0 Å². The van der Waals surface area contributed by atoms with Crippen LogP contribution in [0.2, 0.25) is 0 Å². The minimum atomic E-state index is -0.133. The molecule has 0 aliphatic heterocycles. The molecule has 0 saturated carbocycles. The molecule has 5 nitrogen and oxygen atoms in total. The molecule has 0 heterocycles. The van der Waals surface area contributed by atoms with Crippen molar-refractivity contribution in [2.75, 3.05) is 18.9 Å². The lowest BCUT2D eigenvalue weighted by Crippen LogP contribution is -2.30. The van der Waals surface area contributed by atoms with Crippen LogP contribution in [0, 0.1) is 12.8 Å². The van der Waals surface area contributed by atoms with Crippen molar-refractivity contribution in [2.24, 2.45) is 10.9 Å². The number of hydrogen-bond acceptors (Lipinski definition) is 4. The number of rotatable bonds is 11. The highest BCUT2D eigenvalue weighted by atomic mass is 16.1. The van der Waals surface area contributed by atoms with E-state index in [-0.39, 0.29) is 18.0 Å². The van der Waals surface area contributed by atoms with Gasteiger partial charge in [0.05, 0.1) is 5.70 Å². The Bertz CT molecular complexity index is 1040. The molecule has 0 aromatic heterocycles. The van der Waals surface area contributed by atoms with Gasteiger partial charge in [-0.3, -0.25) is 9.79 Å². The summed E-state index contributed by atoms with van der Waals surface area (Å²) in [5.74, 6) is 0.220. The van der Waals surface area contributed by atoms with Crippen LogP contribution in [0.15, 0.2) is 65.9 Å². The van der Waals surface area contributed by atoms with Crippen molar-refractivity contribution in [1.29, 1.82) is 0 Å². The lowest BCUT2D eigenvalue weighted by molar-refractivity contribution is 0.102. The molecule has 1 unspecified atom stereocenters. The van der Waals surface area contributed by atoms with E-state index < -0.39 is 0 Å². The lowest BCUT2D eigenvalue weighted by atomic mass is 10.0. The second kappa shape index (κ2) is 12.9. The minimum absolute atomic E-state index is 0.0900. The summed E-state index contributed by atoms with van der Waals surface area (Å²) < 4.78 is 0. The van der Waals surface area contributed by atoms with Gasteiger partial charge in [0.1, 0.15) is 0 Å². The van der Waals surface area contributed by atoms with E-state index in [9.17, 15) is 4.79 Å². The van der Waals surface area contributed by atoms with Gasteiger partial charge in [0, 0.05) is 49.3 Å². The molecule has 0 bridgehead atoms. The first kappa shape index (κ1) is 27.1. The van der Waals surface area contributed by atoms with Crippen LogP contribution >= 0.6 is 0 Å². The summed E-state index contributed by atoms with van der Waals surface area (Å²) in [6, 6.07) is 13.8. The predicted molar refractivity (Wildman–Crippen MR) is 146 cm³/mol. The van der Waals surface area contributed by atoms with Gasteiger partial charge in [0.25, 0.3) is 5.91 Å². The largest absolute Gasteiger partial charge is 0.379 e. The zero-order valence-electron chi connectivity index (χ0n) is 21.7. The summed E-state index contributed by atoms with van der Waals surface area (Å²) in [6.45, 7) is 17.4. The van der Waals surface area contributed by atoms with Crippen molar-refractivity contribution in [2.45, 2.75) is 53.6 Å². The third-order valence-corrected chi connectivity index (χ3v) is 5.81. The monoisotopic (exact) mass is 460 g/mol. The van der Waals surface area contributed by atoms with Crippen LogP contribution in [0.5, 0.6) is 0 Å². The summed E-state index contributed by atoms with van der Waals surface area (Å²) in [4.78, 5) is 19.6. The standard InChI is InChI=1S/C29H40N4O/c1-9-24-16-26(15-14-21(24)5)29(34)32-27-13-11-12-25(17-27)23(7)31-22(6)18-30-28(20(3)4)19-33(8)10-2/h9,11-20,22-23,31H,1,10H2,2-8H3,(H,32,34)/b28-19+,30-18?/t22?,23-/m0/s1. The average Bonchev–Trinajstić information content (AvgIpc) is 2.81. The number of aliphatic imine (C=N–C) groups is 1. The summed E-state index contributed by atoms with van der Waals surface area (Å²) in [6.07, 6.45) is 5.84. The number of hydrogen-bond donors (Lipinski definition) is 2. The Hall–Kier alpha value is -3.18. The molecule has 2 atom stereocenters. The van der Waals surface area contributed by atoms with Gasteiger partial charge in [0.2, 0.25) is 0 Å². The summed E-state index contributed by atoms with van der Waals surface area (Å²) in [5.41, 5.74) is 5.60. The topological polar surface area (TPSA) is 56.7 Å². The molecule has 182 valence electrons. The Morgan fingerprint density at radius 2 is 1.88 bits per heavy atom. The van der Waals surface area contributed by atoms with Crippen LogP contribution < -0.4 is 10.6 Å². The Morgan fingerprint density at radius 1 is 1.15 bits per heavy atom. The molecule has 34 heavy (non-hydrogen) atoms. The normalized spacial score (nSPS) is 13.7. The van der Waals surface area contributed by atoms with Crippen molar-refractivity contribution < 1.29 is 4.79 Å². The van der Waals surface area contributed by atoms with Crippen LogP contribution in [0.4, 0.5) is 5.69 Å². The Kier molecular flexibility index (Phi) is 10.3. The van der Waals surface area contributed by atoms with E-state index in [4.69, 9.17) is 4.99 Å². The molecule has 0 fully saturated rings. The van der Waals surface area contributed by atoms with E-state index in [1.54, 1.807) is 6.08 Å². The molecular weight excluding hydrogens is 420 g/mol. The fourth-order valence-electron chi connectivity index (χ4n) is 3.47. The van der Waals surface area contributed by atoms with E-state index >= 15 is 0 Å². The van der Waals surface area contributed by atoms with Gasteiger partial charge in [-0.25, -0.2) is 0 Å². The van der Waals surface area contributed by atoms with Gasteiger partial charge in [-0.05, 0) is 74.6 Å². The number of carbonyl (C=O) groups is 1. The van der Waals surface area contributed by atoms with E-state index in [0.29, 0.717) is 11.5 Å². The van der Waals surface area contributed by atoms with Gasteiger partial charge >= 0.3 is 0 Å². The molecular formula is C29H40N4O. The number of anilines is 1. The Balaban J connectivity index is 2.06. The van der Waals surface area contributed by atoms with E-state index in [0.717, 1.165) is 34.6 Å². The van der Waals surface area contributed by atoms with Gasteiger partial charge < -0.3 is 15.5 Å². The molecule has 0 aliphatic carbocycles. The number of amides is 1. The first-order valence-corrected chi connectivity index (χ1v) is 12.0. The summed E-state index contributed by atoms with van der Waals surface area (Å²) in [7, 11) is 2.06. The molecule has 0 aliphatic rings. The molecule has 2 aromatic rings. The average molecular weight is 461 g/mol. The fraction of sp³-hybridized carbons (Fsp3) is 0.379. The third-order valence-electron chi connectivity index (χ3n) is 5.81. The van der Waals surface area contributed by atoms with Crippen LogP contribution in [-0.2, 0) is 0 Å². The third kappa shape index (κ3) is 7.99. The maximum atomic E-state index is 12.8. The van der Waals surface area contributed by atoms with Crippen molar-refractivity contribution in [3.8, 4) is 0 Å². The number of carbonyl (C=O) groups excluding carboxylic acids is 1. The first-order chi connectivity index (χ1) is 16.1. The molecule has 5 heteroatoms. The highest BCUT2D eigenvalue weighted by Crippen LogP contribution is 2.20. The first-order valence-electron chi connectivity index (χ1n) is 12.0. The van der Waals surface area contributed by atoms with Crippen LogP contribution in [-0.4, -0.2) is 36.7 Å². The Morgan fingerprint density at radius 3 is 2.53 bits per heavy atom. The summed E-state index contributed by atoms with van der Waals surface area (Å²) >= 11 is 0. The molecule has 1 amide bonds. The second-order valence-electron chi connectivity index (χ2n) is 9.09. The number of benzene rings is 2. The second-order valence-corrected chi connectivity index (χ2v) is 9.09. The van der Waals surface area contributed by atoms with Crippen molar-refractivity contribution in [3.63, 3.8) is 0 Å². The zero-order chi connectivity index (χ0) is 25.3. The maximum absolute atomic E-state index is 12.8. The van der Waals surface area contributed by atoms with Gasteiger partial charge in [-0.2, -0.15) is 0 Å². The number of allylic oxidation sites excluding steroid dienone is 1. The van der Waals surface area contributed by atoms with Gasteiger partial charge in [-0.1, -0.05) is 44.7 Å². The smallest absolute Gasteiger partial charge is 0.255 e. The fourth-order valence-corrected chi connectivity index (χ4v) is 3.47. The van der Waals surface area contributed by atoms with Crippen LogP contribution in [0.1, 0.15) is 67.7 Å². The quantitative estimate of drug-likeness (QED) is 0.379. The molecule has 0 spiro atoms. The maximum Gasteiger partial charge on any atom is 0.255 e. The van der Waals surface area contributed by atoms with Gasteiger partial charge in [0.15, 0.2) is 0 Å². The van der Waals surface area contributed by atoms with Crippen molar-refractivity contribution in [3.05, 3.63) is 83.2 Å². The lowest BCUT2D eigenvalue weighted by Gasteiger charge is -2.19. The number of aryl methyl sites for hydroxylation is 1. The van der Waals surface area contributed by atoms with E-state index in [1.807, 2.05) is 49.5 Å². The highest BCUT2D eigenvalue weighted by molar-refractivity contribution is 6.04. The van der Waals surface area contributed by atoms with E-state index in [1.165, 1.54) is 0 Å². The minimum Gasteiger partial charge on any atom is -0.379 e.